The SMILES string of the molecule is Oc1cccc2c(Cl)nc(-c3ccccc3C(F)(F)F)n12. The van der Waals surface area contributed by atoms with Gasteiger partial charge in [0.1, 0.15) is 5.82 Å². The number of aromatic hydroxyl groups is 1. The maximum absolute atomic E-state index is 13.1. The van der Waals surface area contributed by atoms with Crippen molar-refractivity contribution in [2.75, 3.05) is 0 Å². The predicted octanol–water partition coefficient (Wildman–Crippen LogP) is 4.38. The van der Waals surface area contributed by atoms with E-state index in [1.54, 1.807) is 6.07 Å². The second kappa shape index (κ2) is 4.66. The van der Waals surface area contributed by atoms with E-state index in [4.69, 9.17) is 11.6 Å². The third-order valence-electron chi connectivity index (χ3n) is 3.07. The van der Waals surface area contributed by atoms with Crippen LogP contribution in [0.25, 0.3) is 16.9 Å². The Morgan fingerprint density at radius 1 is 1.05 bits per heavy atom. The molecule has 3 aromatic rings. The number of alkyl halides is 3. The smallest absolute Gasteiger partial charge is 0.417 e. The number of benzene rings is 1. The fraction of sp³-hybridized carbons (Fsp3) is 0.0714. The van der Waals surface area contributed by atoms with Crippen LogP contribution in [0.5, 0.6) is 5.88 Å². The molecule has 0 aliphatic carbocycles. The van der Waals surface area contributed by atoms with Gasteiger partial charge in [-0.3, -0.25) is 4.40 Å². The van der Waals surface area contributed by atoms with Crippen LogP contribution in [0.2, 0.25) is 5.15 Å². The first-order valence-corrected chi connectivity index (χ1v) is 6.30. The Morgan fingerprint density at radius 3 is 2.48 bits per heavy atom. The molecule has 0 saturated carbocycles. The molecule has 2 aromatic heterocycles. The minimum atomic E-state index is -4.53. The summed E-state index contributed by atoms with van der Waals surface area (Å²) in [6.07, 6.45) is -4.53. The summed E-state index contributed by atoms with van der Waals surface area (Å²) < 4.78 is 40.5. The Hall–Kier alpha value is -2.21. The van der Waals surface area contributed by atoms with Gasteiger partial charge >= 0.3 is 6.18 Å². The van der Waals surface area contributed by atoms with Crippen LogP contribution in [0.4, 0.5) is 13.2 Å². The molecule has 3 rings (SSSR count). The van der Waals surface area contributed by atoms with Crippen molar-refractivity contribution in [1.82, 2.24) is 9.38 Å². The zero-order valence-corrected chi connectivity index (χ0v) is 11.2. The van der Waals surface area contributed by atoms with E-state index in [1.807, 2.05) is 0 Å². The summed E-state index contributed by atoms with van der Waals surface area (Å²) in [6, 6.07) is 9.48. The van der Waals surface area contributed by atoms with E-state index in [0.29, 0.717) is 5.52 Å². The van der Waals surface area contributed by atoms with Crippen LogP contribution in [0.1, 0.15) is 5.56 Å². The Bertz CT molecular complexity index is 827. The molecule has 0 unspecified atom stereocenters. The second-order valence-electron chi connectivity index (χ2n) is 4.37. The second-order valence-corrected chi connectivity index (χ2v) is 4.73. The number of hydrogen-bond donors (Lipinski definition) is 1. The number of aromatic nitrogens is 2. The van der Waals surface area contributed by atoms with E-state index in [0.717, 1.165) is 6.07 Å². The highest BCUT2D eigenvalue weighted by Crippen LogP contribution is 2.38. The zero-order valence-electron chi connectivity index (χ0n) is 10.4. The molecule has 0 saturated heterocycles. The number of hydrogen-bond acceptors (Lipinski definition) is 2. The Balaban J connectivity index is 2.38. The third kappa shape index (κ3) is 2.21. The fourth-order valence-corrected chi connectivity index (χ4v) is 2.42. The number of nitrogens with zero attached hydrogens (tertiary/aromatic N) is 2. The van der Waals surface area contributed by atoms with E-state index in [-0.39, 0.29) is 22.4 Å². The summed E-state index contributed by atoms with van der Waals surface area (Å²) in [5.41, 5.74) is -0.645. The van der Waals surface area contributed by atoms with Gasteiger partial charge in [0.15, 0.2) is 11.0 Å². The highest BCUT2D eigenvalue weighted by molar-refractivity contribution is 6.33. The molecule has 0 atom stereocenters. The van der Waals surface area contributed by atoms with Gasteiger partial charge in [-0.15, -0.1) is 0 Å². The Labute approximate surface area is 122 Å². The lowest BCUT2D eigenvalue weighted by Gasteiger charge is -2.12. The van der Waals surface area contributed by atoms with Crippen LogP contribution in [-0.4, -0.2) is 14.5 Å². The van der Waals surface area contributed by atoms with Crippen molar-refractivity contribution in [3.63, 3.8) is 0 Å². The fourth-order valence-electron chi connectivity index (χ4n) is 2.19. The van der Waals surface area contributed by atoms with Crippen molar-refractivity contribution >= 4 is 17.1 Å². The maximum atomic E-state index is 13.1. The molecule has 108 valence electrons. The average Bonchev–Trinajstić information content (AvgIpc) is 2.77. The molecule has 0 spiro atoms. The summed E-state index contributed by atoms with van der Waals surface area (Å²) in [4.78, 5) is 3.96. The lowest BCUT2D eigenvalue weighted by Crippen LogP contribution is -2.08. The van der Waals surface area contributed by atoms with Crippen LogP contribution in [0.15, 0.2) is 42.5 Å². The van der Waals surface area contributed by atoms with E-state index in [9.17, 15) is 18.3 Å². The van der Waals surface area contributed by atoms with Crippen LogP contribution in [0, 0.1) is 0 Å². The minimum absolute atomic E-state index is 0.0258. The quantitative estimate of drug-likeness (QED) is 0.724. The first-order valence-electron chi connectivity index (χ1n) is 5.92. The van der Waals surface area contributed by atoms with Gasteiger partial charge in [0.2, 0.25) is 0 Å². The standard InChI is InChI=1S/C14H8ClF3N2O/c15-12-10-6-3-7-11(21)20(10)13(19-12)8-4-1-2-5-9(8)14(16,17)18/h1-7,21H. The van der Waals surface area contributed by atoms with Crippen LogP contribution < -0.4 is 0 Å². The number of pyridine rings is 1. The first kappa shape index (κ1) is 13.8. The molecule has 0 bridgehead atoms. The van der Waals surface area contributed by atoms with Gasteiger partial charge in [-0.2, -0.15) is 13.2 Å². The van der Waals surface area contributed by atoms with Crippen molar-refractivity contribution in [2.45, 2.75) is 6.18 Å². The van der Waals surface area contributed by atoms with E-state index < -0.39 is 11.7 Å². The van der Waals surface area contributed by atoms with E-state index in [2.05, 4.69) is 4.98 Å². The lowest BCUT2D eigenvalue weighted by atomic mass is 10.1. The van der Waals surface area contributed by atoms with Crippen LogP contribution in [0.3, 0.4) is 0 Å². The molecule has 7 heteroatoms. The first-order chi connectivity index (χ1) is 9.89. The molecule has 0 amide bonds. The van der Waals surface area contributed by atoms with Crippen molar-refractivity contribution in [2.24, 2.45) is 0 Å². The molecule has 1 N–H and O–H groups in total. The largest absolute Gasteiger partial charge is 0.494 e. The highest BCUT2D eigenvalue weighted by atomic mass is 35.5. The number of fused-ring (bicyclic) bond motifs is 1. The van der Waals surface area contributed by atoms with Crippen LogP contribution in [-0.2, 0) is 6.18 Å². The molecule has 0 aliphatic heterocycles. The van der Waals surface area contributed by atoms with E-state index in [1.165, 1.54) is 34.7 Å². The van der Waals surface area contributed by atoms with Gasteiger partial charge in [0, 0.05) is 5.56 Å². The van der Waals surface area contributed by atoms with Gasteiger partial charge in [-0.05, 0) is 18.2 Å². The lowest BCUT2D eigenvalue weighted by molar-refractivity contribution is -0.137. The molecular weight excluding hydrogens is 305 g/mol. The summed E-state index contributed by atoms with van der Waals surface area (Å²) in [6.45, 7) is 0. The normalized spacial score (nSPS) is 12.0. The number of rotatable bonds is 1. The molecular formula is C14H8ClF3N2O. The molecule has 0 aliphatic rings. The molecule has 3 nitrogen and oxygen atoms in total. The molecule has 2 heterocycles. The summed E-state index contributed by atoms with van der Waals surface area (Å²) in [7, 11) is 0. The number of halogens is 4. The average molecular weight is 313 g/mol. The summed E-state index contributed by atoms with van der Waals surface area (Å²) in [5, 5.41) is 9.93. The Morgan fingerprint density at radius 2 is 1.76 bits per heavy atom. The van der Waals surface area contributed by atoms with Gasteiger partial charge in [0.05, 0.1) is 11.1 Å². The van der Waals surface area contributed by atoms with Crippen molar-refractivity contribution in [1.29, 1.82) is 0 Å². The van der Waals surface area contributed by atoms with Crippen LogP contribution >= 0.6 is 11.6 Å². The highest BCUT2D eigenvalue weighted by Gasteiger charge is 2.34. The minimum Gasteiger partial charge on any atom is -0.494 e. The zero-order chi connectivity index (χ0) is 15.2. The van der Waals surface area contributed by atoms with Gasteiger partial charge < -0.3 is 5.11 Å². The van der Waals surface area contributed by atoms with Crippen molar-refractivity contribution in [3.05, 3.63) is 53.2 Å². The van der Waals surface area contributed by atoms with Gasteiger partial charge in [-0.25, -0.2) is 4.98 Å². The van der Waals surface area contributed by atoms with E-state index >= 15 is 0 Å². The topological polar surface area (TPSA) is 37.5 Å². The summed E-state index contributed by atoms with van der Waals surface area (Å²) >= 11 is 5.94. The van der Waals surface area contributed by atoms with Crippen molar-refractivity contribution in [3.8, 4) is 17.3 Å². The predicted molar refractivity (Wildman–Crippen MR) is 72.3 cm³/mol. The molecule has 21 heavy (non-hydrogen) atoms. The molecule has 0 fully saturated rings. The van der Waals surface area contributed by atoms with Crippen molar-refractivity contribution < 1.29 is 18.3 Å². The Kier molecular flexibility index (Phi) is 3.06. The maximum Gasteiger partial charge on any atom is 0.417 e. The molecule has 1 aromatic carbocycles. The summed E-state index contributed by atoms with van der Waals surface area (Å²) in [5.74, 6) is -0.292. The molecule has 0 radical (unpaired) electrons. The monoisotopic (exact) mass is 312 g/mol. The van der Waals surface area contributed by atoms with Gasteiger partial charge in [0.25, 0.3) is 0 Å². The third-order valence-corrected chi connectivity index (χ3v) is 3.35. The number of imidazole rings is 1. The van der Waals surface area contributed by atoms with Gasteiger partial charge in [-0.1, -0.05) is 35.9 Å².